The molecule has 5 nitrogen and oxygen atoms in total. The van der Waals surface area contributed by atoms with E-state index in [9.17, 15) is 4.79 Å². The molecule has 2 aromatic rings. The van der Waals surface area contributed by atoms with E-state index in [2.05, 4.69) is 15.6 Å². The van der Waals surface area contributed by atoms with Crippen molar-refractivity contribution in [2.75, 3.05) is 10.6 Å². The molecule has 5 heteroatoms. The Bertz CT molecular complexity index is 425. The summed E-state index contributed by atoms with van der Waals surface area (Å²) in [6.45, 7) is 0. The smallest absolute Gasteiger partial charge is 0.327 e. The molecule has 2 amide bonds. The fourth-order valence-electron chi connectivity index (χ4n) is 1.07. The van der Waals surface area contributed by atoms with Crippen LogP contribution in [0.3, 0.4) is 0 Å². The maximum Gasteiger partial charge on any atom is 0.327 e. The van der Waals surface area contributed by atoms with Crippen LogP contribution in [-0.2, 0) is 0 Å². The first-order valence-electron chi connectivity index (χ1n) is 4.37. The van der Waals surface area contributed by atoms with E-state index in [4.69, 9.17) is 4.42 Å². The molecule has 0 bridgehead atoms. The first kappa shape index (κ1) is 9.26. The van der Waals surface area contributed by atoms with Crippen molar-refractivity contribution in [3.8, 4) is 0 Å². The highest BCUT2D eigenvalue weighted by molar-refractivity contribution is 5.98. The molecule has 0 aliphatic rings. The molecule has 1 aromatic carbocycles. The molecule has 1 heterocycles. The quantitative estimate of drug-likeness (QED) is 0.787. The fraction of sp³-hybridized carbons (Fsp3) is 0. The van der Waals surface area contributed by atoms with Gasteiger partial charge in [0.1, 0.15) is 6.26 Å². The third-order valence-corrected chi connectivity index (χ3v) is 1.68. The van der Waals surface area contributed by atoms with Gasteiger partial charge in [0.25, 0.3) is 0 Å². The molecule has 0 saturated carbocycles. The molecule has 0 saturated heterocycles. The van der Waals surface area contributed by atoms with E-state index in [1.54, 1.807) is 12.1 Å². The van der Waals surface area contributed by atoms with Gasteiger partial charge in [-0.15, -0.1) is 0 Å². The van der Waals surface area contributed by atoms with Gasteiger partial charge in [-0.3, -0.25) is 5.32 Å². The van der Waals surface area contributed by atoms with Crippen molar-refractivity contribution in [3.05, 3.63) is 42.8 Å². The van der Waals surface area contributed by atoms with Crippen LogP contribution < -0.4 is 10.6 Å². The van der Waals surface area contributed by atoms with Crippen molar-refractivity contribution in [2.24, 2.45) is 0 Å². The van der Waals surface area contributed by atoms with E-state index < -0.39 is 0 Å². The van der Waals surface area contributed by atoms with Gasteiger partial charge in [0.2, 0.25) is 0 Å². The van der Waals surface area contributed by atoms with Gasteiger partial charge in [-0.05, 0) is 12.1 Å². The lowest BCUT2D eigenvalue weighted by Crippen LogP contribution is -2.19. The lowest BCUT2D eigenvalue weighted by atomic mass is 10.3. The van der Waals surface area contributed by atoms with E-state index in [1.165, 1.54) is 12.5 Å². The van der Waals surface area contributed by atoms with E-state index >= 15 is 0 Å². The Morgan fingerprint density at radius 2 is 2.00 bits per heavy atom. The molecule has 0 atom stereocenters. The fourth-order valence-corrected chi connectivity index (χ4v) is 1.07. The van der Waals surface area contributed by atoms with E-state index in [-0.39, 0.29) is 12.0 Å². The second kappa shape index (κ2) is 4.28. The van der Waals surface area contributed by atoms with Crippen LogP contribution in [0.25, 0.3) is 0 Å². The number of anilines is 2. The number of aromatic nitrogens is 1. The van der Waals surface area contributed by atoms with Gasteiger partial charge in [0, 0.05) is 5.69 Å². The van der Waals surface area contributed by atoms with Crippen LogP contribution in [0.15, 0.2) is 47.2 Å². The number of hydrogen-bond acceptors (Lipinski definition) is 3. The molecule has 0 radical (unpaired) electrons. The average Bonchev–Trinajstić information content (AvgIpc) is 2.71. The molecule has 76 valence electrons. The molecule has 0 aliphatic heterocycles. The van der Waals surface area contributed by atoms with Crippen molar-refractivity contribution >= 4 is 17.7 Å². The highest BCUT2D eigenvalue weighted by Crippen LogP contribution is 2.06. The number of carbonyl (C=O) groups excluding carboxylic acids is 1. The molecule has 2 N–H and O–H groups in total. The van der Waals surface area contributed by atoms with Gasteiger partial charge in [0.15, 0.2) is 0 Å². The van der Waals surface area contributed by atoms with Gasteiger partial charge in [0.05, 0.1) is 6.20 Å². The second-order valence-corrected chi connectivity index (χ2v) is 2.78. The maximum atomic E-state index is 11.4. The van der Waals surface area contributed by atoms with Crippen LogP contribution in [0.1, 0.15) is 0 Å². The Kier molecular flexibility index (Phi) is 2.64. The zero-order valence-corrected chi connectivity index (χ0v) is 7.81. The molecular formula is C10H9N3O2. The number of carbonyl (C=O) groups is 1. The SMILES string of the molecule is O=C(Nc1ccccc1)Nc1ncco1. The van der Waals surface area contributed by atoms with Crippen molar-refractivity contribution in [1.29, 1.82) is 0 Å². The van der Waals surface area contributed by atoms with E-state index in [0.717, 1.165) is 0 Å². The molecule has 0 spiro atoms. The van der Waals surface area contributed by atoms with Gasteiger partial charge in [-0.25, -0.2) is 9.78 Å². The largest absolute Gasteiger partial charge is 0.432 e. The molecule has 0 fully saturated rings. The summed E-state index contributed by atoms with van der Waals surface area (Å²) in [6.07, 6.45) is 2.84. The summed E-state index contributed by atoms with van der Waals surface area (Å²) >= 11 is 0. The summed E-state index contributed by atoms with van der Waals surface area (Å²) in [7, 11) is 0. The van der Waals surface area contributed by atoms with Crippen LogP contribution in [0.5, 0.6) is 0 Å². The van der Waals surface area contributed by atoms with Crippen LogP contribution in [0, 0.1) is 0 Å². The molecule has 0 unspecified atom stereocenters. The predicted octanol–water partition coefficient (Wildman–Crippen LogP) is 2.32. The number of amides is 2. The number of para-hydroxylation sites is 1. The Balaban J connectivity index is 1.94. The summed E-state index contributed by atoms with van der Waals surface area (Å²) < 4.78 is 4.86. The highest BCUT2D eigenvalue weighted by atomic mass is 16.4. The minimum Gasteiger partial charge on any atom is -0.432 e. The van der Waals surface area contributed by atoms with E-state index in [0.29, 0.717) is 5.69 Å². The number of oxazole rings is 1. The Hall–Kier alpha value is -2.30. The summed E-state index contributed by atoms with van der Waals surface area (Å²) in [5, 5.41) is 5.07. The molecule has 2 rings (SSSR count). The topological polar surface area (TPSA) is 67.2 Å². The molecule has 15 heavy (non-hydrogen) atoms. The van der Waals surface area contributed by atoms with Crippen molar-refractivity contribution < 1.29 is 9.21 Å². The number of nitrogens with zero attached hydrogens (tertiary/aromatic N) is 1. The first-order chi connectivity index (χ1) is 7.34. The average molecular weight is 203 g/mol. The van der Waals surface area contributed by atoms with Crippen LogP contribution in [0.4, 0.5) is 16.5 Å². The van der Waals surface area contributed by atoms with Gasteiger partial charge < -0.3 is 9.73 Å². The van der Waals surface area contributed by atoms with E-state index in [1.807, 2.05) is 18.2 Å². The zero-order valence-electron chi connectivity index (χ0n) is 7.81. The van der Waals surface area contributed by atoms with Crippen LogP contribution in [0.2, 0.25) is 0 Å². The molecule has 0 aliphatic carbocycles. The van der Waals surface area contributed by atoms with Crippen molar-refractivity contribution in [1.82, 2.24) is 4.98 Å². The number of rotatable bonds is 2. The number of urea groups is 1. The van der Waals surface area contributed by atoms with Crippen molar-refractivity contribution in [2.45, 2.75) is 0 Å². The number of nitrogens with one attached hydrogen (secondary N) is 2. The van der Waals surface area contributed by atoms with Crippen LogP contribution >= 0.6 is 0 Å². The van der Waals surface area contributed by atoms with Crippen molar-refractivity contribution in [3.63, 3.8) is 0 Å². The third-order valence-electron chi connectivity index (χ3n) is 1.68. The Labute approximate surface area is 86.1 Å². The van der Waals surface area contributed by atoms with Gasteiger partial charge in [-0.2, -0.15) is 0 Å². The monoisotopic (exact) mass is 203 g/mol. The predicted molar refractivity (Wildman–Crippen MR) is 55.6 cm³/mol. The summed E-state index contributed by atoms with van der Waals surface area (Å²) in [5.41, 5.74) is 0.710. The summed E-state index contributed by atoms with van der Waals surface area (Å²) in [5.74, 6) is 0. The van der Waals surface area contributed by atoms with Crippen LogP contribution in [-0.4, -0.2) is 11.0 Å². The minimum atomic E-state index is -0.386. The zero-order chi connectivity index (χ0) is 10.5. The molecule has 1 aromatic heterocycles. The van der Waals surface area contributed by atoms with Gasteiger partial charge in [-0.1, -0.05) is 18.2 Å². The standard InChI is InChI=1S/C10H9N3O2/c14-9(13-10-11-6-7-15-10)12-8-4-2-1-3-5-8/h1-7H,(H2,11,12,13,14). The highest BCUT2D eigenvalue weighted by Gasteiger charge is 2.04. The normalized spacial score (nSPS) is 9.60. The Morgan fingerprint density at radius 1 is 1.20 bits per heavy atom. The van der Waals surface area contributed by atoms with Gasteiger partial charge >= 0.3 is 12.0 Å². The lowest BCUT2D eigenvalue weighted by Gasteiger charge is -2.03. The Morgan fingerprint density at radius 3 is 2.67 bits per heavy atom. The first-order valence-corrected chi connectivity index (χ1v) is 4.37. The third kappa shape index (κ3) is 2.57. The lowest BCUT2D eigenvalue weighted by molar-refractivity contribution is 0.261. The maximum absolute atomic E-state index is 11.4. The number of hydrogen-bond donors (Lipinski definition) is 2. The second-order valence-electron chi connectivity index (χ2n) is 2.78. The minimum absolute atomic E-state index is 0.170. The molecular weight excluding hydrogens is 194 g/mol. The summed E-state index contributed by atoms with van der Waals surface area (Å²) in [4.78, 5) is 15.1. The summed E-state index contributed by atoms with van der Waals surface area (Å²) in [6, 6.07) is 8.90. The number of benzene rings is 1.